The molecule has 2 heterocycles. The van der Waals surface area contributed by atoms with E-state index < -0.39 is 6.10 Å². The highest BCUT2D eigenvalue weighted by atomic mass is 32.1. The number of thiophene rings is 1. The van der Waals surface area contributed by atoms with E-state index in [0.717, 1.165) is 30.6 Å². The van der Waals surface area contributed by atoms with Gasteiger partial charge in [-0.25, -0.2) is 0 Å². The molecule has 1 aromatic rings. The van der Waals surface area contributed by atoms with Crippen molar-refractivity contribution < 1.29 is 24.1 Å². The third-order valence-corrected chi connectivity index (χ3v) is 8.86. The SMILES string of the molecule is COC[C@@H]1OC[C@@]2(C)C3CC[C@@H](O)[C@@H](CC(=O)NCc4cccs4)[C@]3(C)CC[C@H]2O1. The van der Waals surface area contributed by atoms with Crippen LogP contribution in [0.4, 0.5) is 0 Å². The summed E-state index contributed by atoms with van der Waals surface area (Å²) in [5.41, 5.74) is -0.215. The van der Waals surface area contributed by atoms with Gasteiger partial charge in [-0.05, 0) is 54.4 Å². The molecule has 2 saturated carbocycles. The molecule has 0 bridgehead atoms. The maximum atomic E-state index is 12.8. The summed E-state index contributed by atoms with van der Waals surface area (Å²) >= 11 is 1.64. The predicted octanol–water partition coefficient (Wildman–Crippen LogP) is 3.34. The molecule has 1 aliphatic heterocycles. The third kappa shape index (κ3) is 4.07. The van der Waals surface area contributed by atoms with Crippen LogP contribution >= 0.6 is 11.3 Å². The van der Waals surface area contributed by atoms with Crippen LogP contribution in [0.15, 0.2) is 17.5 Å². The van der Waals surface area contributed by atoms with Crippen LogP contribution in [-0.2, 0) is 25.5 Å². The van der Waals surface area contributed by atoms with Gasteiger partial charge in [0.1, 0.15) is 0 Å². The minimum atomic E-state index is -0.439. The van der Waals surface area contributed by atoms with Gasteiger partial charge in [0, 0.05) is 23.8 Å². The Balaban J connectivity index is 1.46. The normalized spacial score (nSPS) is 41.0. The molecule has 30 heavy (non-hydrogen) atoms. The average molecular weight is 438 g/mol. The minimum Gasteiger partial charge on any atom is -0.393 e. The summed E-state index contributed by atoms with van der Waals surface area (Å²) in [4.78, 5) is 13.9. The molecule has 1 amide bonds. The van der Waals surface area contributed by atoms with Crippen LogP contribution in [0.2, 0.25) is 0 Å². The molecule has 0 aromatic carbocycles. The fraction of sp³-hybridized carbons (Fsp3) is 0.783. The number of amides is 1. The molecule has 1 aromatic heterocycles. The van der Waals surface area contributed by atoms with Crippen LogP contribution in [0.1, 0.15) is 50.8 Å². The van der Waals surface area contributed by atoms with E-state index in [0.29, 0.717) is 32.1 Å². The lowest BCUT2D eigenvalue weighted by Gasteiger charge is -2.62. The smallest absolute Gasteiger partial charge is 0.220 e. The fourth-order valence-electron chi connectivity index (χ4n) is 6.38. The van der Waals surface area contributed by atoms with Crippen molar-refractivity contribution in [2.24, 2.45) is 22.7 Å². The van der Waals surface area contributed by atoms with Gasteiger partial charge in [0.15, 0.2) is 6.29 Å². The van der Waals surface area contributed by atoms with Gasteiger partial charge < -0.3 is 24.6 Å². The number of rotatable bonds is 6. The first-order valence-corrected chi connectivity index (χ1v) is 12.0. The summed E-state index contributed by atoms with van der Waals surface area (Å²) in [6.07, 6.45) is 3.31. The van der Waals surface area contributed by atoms with Crippen molar-refractivity contribution in [3.63, 3.8) is 0 Å². The number of fused-ring (bicyclic) bond motifs is 3. The summed E-state index contributed by atoms with van der Waals surface area (Å²) in [5, 5.41) is 16.0. The topological polar surface area (TPSA) is 77.0 Å². The minimum absolute atomic E-state index is 0.0258. The highest BCUT2D eigenvalue weighted by Crippen LogP contribution is 2.62. The number of ether oxygens (including phenoxy) is 3. The van der Waals surface area contributed by atoms with Gasteiger partial charge in [0.25, 0.3) is 0 Å². The number of nitrogens with one attached hydrogen (secondary N) is 1. The second-order valence-corrected chi connectivity index (χ2v) is 10.8. The summed E-state index contributed by atoms with van der Waals surface area (Å²) in [5.74, 6) is 0.331. The van der Waals surface area contributed by atoms with Gasteiger partial charge in [-0.2, -0.15) is 0 Å². The monoisotopic (exact) mass is 437 g/mol. The number of hydrogen-bond donors (Lipinski definition) is 2. The molecule has 2 N–H and O–H groups in total. The van der Waals surface area contributed by atoms with Crippen LogP contribution in [0.25, 0.3) is 0 Å². The van der Waals surface area contributed by atoms with Gasteiger partial charge in [-0.3, -0.25) is 4.79 Å². The Morgan fingerprint density at radius 1 is 1.33 bits per heavy atom. The largest absolute Gasteiger partial charge is 0.393 e. The molecule has 1 saturated heterocycles. The molecule has 3 fully saturated rings. The van der Waals surface area contributed by atoms with E-state index in [2.05, 4.69) is 19.2 Å². The lowest BCUT2D eigenvalue weighted by atomic mass is 9.46. The first-order chi connectivity index (χ1) is 14.4. The van der Waals surface area contributed by atoms with Crippen LogP contribution < -0.4 is 5.32 Å². The number of carbonyl (C=O) groups excluding carboxylic acids is 1. The van der Waals surface area contributed by atoms with Gasteiger partial charge >= 0.3 is 0 Å². The average Bonchev–Trinajstić information content (AvgIpc) is 3.23. The Bertz CT molecular complexity index is 727. The number of aliphatic hydroxyl groups is 1. The number of aliphatic hydroxyl groups excluding tert-OH is 1. The van der Waals surface area contributed by atoms with Crippen LogP contribution in [0.3, 0.4) is 0 Å². The zero-order valence-electron chi connectivity index (χ0n) is 18.3. The number of methoxy groups -OCH3 is 1. The second-order valence-electron chi connectivity index (χ2n) is 9.73. The van der Waals surface area contributed by atoms with Crippen molar-refractivity contribution in [1.82, 2.24) is 5.32 Å². The molecule has 1 unspecified atom stereocenters. The van der Waals surface area contributed by atoms with Crippen molar-refractivity contribution in [3.05, 3.63) is 22.4 Å². The first kappa shape index (κ1) is 22.2. The zero-order valence-corrected chi connectivity index (χ0v) is 19.1. The maximum Gasteiger partial charge on any atom is 0.220 e. The Morgan fingerprint density at radius 3 is 2.90 bits per heavy atom. The maximum absolute atomic E-state index is 12.8. The van der Waals surface area contributed by atoms with E-state index >= 15 is 0 Å². The van der Waals surface area contributed by atoms with Crippen molar-refractivity contribution in [1.29, 1.82) is 0 Å². The van der Waals surface area contributed by atoms with Gasteiger partial charge in [-0.15, -0.1) is 11.3 Å². The molecule has 4 rings (SSSR count). The Labute approximate surface area is 183 Å². The van der Waals surface area contributed by atoms with E-state index in [1.165, 1.54) is 0 Å². The predicted molar refractivity (Wildman–Crippen MR) is 115 cm³/mol. The zero-order chi connectivity index (χ0) is 21.4. The van der Waals surface area contributed by atoms with Crippen LogP contribution in [0, 0.1) is 22.7 Å². The molecule has 6 nitrogen and oxygen atoms in total. The second kappa shape index (κ2) is 8.87. The molecule has 0 spiro atoms. The highest BCUT2D eigenvalue weighted by Gasteiger charge is 2.61. The molecule has 3 aliphatic rings. The summed E-state index contributed by atoms with van der Waals surface area (Å²) in [6.45, 7) is 6.19. The summed E-state index contributed by atoms with van der Waals surface area (Å²) in [7, 11) is 1.66. The number of hydrogen-bond acceptors (Lipinski definition) is 6. The van der Waals surface area contributed by atoms with Crippen LogP contribution in [-0.4, -0.2) is 49.8 Å². The Hall–Kier alpha value is -0.990. The summed E-state index contributed by atoms with van der Waals surface area (Å²) in [6, 6.07) is 4.02. The van der Waals surface area contributed by atoms with Gasteiger partial charge in [-0.1, -0.05) is 19.9 Å². The number of carbonyl (C=O) groups is 1. The van der Waals surface area contributed by atoms with Gasteiger partial charge in [0.2, 0.25) is 5.91 Å². The third-order valence-electron chi connectivity index (χ3n) is 7.98. The highest BCUT2D eigenvalue weighted by molar-refractivity contribution is 7.09. The molecule has 168 valence electrons. The summed E-state index contributed by atoms with van der Waals surface area (Å²) < 4.78 is 17.5. The van der Waals surface area contributed by atoms with Gasteiger partial charge in [0.05, 0.1) is 32.0 Å². The molecule has 2 aliphatic carbocycles. The molecule has 0 radical (unpaired) electrons. The lowest BCUT2D eigenvalue weighted by Crippen LogP contribution is -2.63. The van der Waals surface area contributed by atoms with Crippen molar-refractivity contribution in [3.8, 4) is 0 Å². The van der Waals surface area contributed by atoms with Crippen molar-refractivity contribution in [2.75, 3.05) is 20.3 Å². The quantitative estimate of drug-likeness (QED) is 0.714. The Morgan fingerprint density at radius 2 is 2.17 bits per heavy atom. The van der Waals surface area contributed by atoms with E-state index in [-0.39, 0.29) is 35.0 Å². The van der Waals surface area contributed by atoms with Crippen LogP contribution in [0.5, 0.6) is 0 Å². The van der Waals surface area contributed by atoms with E-state index in [1.807, 2.05) is 17.5 Å². The molecular weight excluding hydrogens is 402 g/mol. The van der Waals surface area contributed by atoms with E-state index in [4.69, 9.17) is 14.2 Å². The lowest BCUT2D eigenvalue weighted by molar-refractivity contribution is -0.315. The standard InChI is InChI=1S/C23H35NO5S/c1-22-9-8-19-23(2,14-28-21(29-19)13-27-3)18(22)7-6-17(25)16(22)11-20(26)24-12-15-5-4-10-30-15/h4-5,10,16-19,21,25H,6-9,11-14H2,1-3H3,(H,24,26)/t16-,17-,18?,19-,21-,22+,23+/m1/s1. The Kier molecular flexibility index (Phi) is 6.56. The van der Waals surface area contributed by atoms with E-state index in [1.54, 1.807) is 18.4 Å². The molecular formula is C23H35NO5S. The van der Waals surface area contributed by atoms with Crippen molar-refractivity contribution in [2.45, 2.75) is 71.0 Å². The fourth-order valence-corrected chi connectivity index (χ4v) is 7.03. The molecule has 7 atom stereocenters. The molecule has 7 heteroatoms. The first-order valence-electron chi connectivity index (χ1n) is 11.1. The van der Waals surface area contributed by atoms with Crippen molar-refractivity contribution >= 4 is 17.2 Å². The van der Waals surface area contributed by atoms with E-state index in [9.17, 15) is 9.90 Å².